The van der Waals surface area contributed by atoms with Gasteiger partial charge in [0.2, 0.25) is 17.7 Å². The first-order chi connectivity index (χ1) is 12.0. The highest BCUT2D eigenvalue weighted by Gasteiger charge is 2.47. The van der Waals surface area contributed by atoms with Gasteiger partial charge in [0.1, 0.15) is 0 Å². The van der Waals surface area contributed by atoms with E-state index < -0.39 is 0 Å². The minimum Gasteiger partial charge on any atom is -0.341 e. The second kappa shape index (κ2) is 7.38. The summed E-state index contributed by atoms with van der Waals surface area (Å²) in [6.07, 6.45) is 3.86. The molecule has 1 aromatic carbocycles. The van der Waals surface area contributed by atoms with Crippen molar-refractivity contribution in [2.24, 2.45) is 11.8 Å². The van der Waals surface area contributed by atoms with Gasteiger partial charge in [-0.15, -0.1) is 0 Å². The van der Waals surface area contributed by atoms with Gasteiger partial charge in [-0.25, -0.2) is 0 Å². The summed E-state index contributed by atoms with van der Waals surface area (Å²) in [5.74, 6) is -0.450. The van der Waals surface area contributed by atoms with E-state index >= 15 is 0 Å². The molecule has 25 heavy (non-hydrogen) atoms. The van der Waals surface area contributed by atoms with Gasteiger partial charge in [0.05, 0.1) is 11.8 Å². The summed E-state index contributed by atoms with van der Waals surface area (Å²) in [7, 11) is 1.77. The molecule has 134 valence electrons. The van der Waals surface area contributed by atoms with E-state index in [0.29, 0.717) is 6.54 Å². The number of hydrogen-bond acceptors (Lipinski definition) is 3. The van der Waals surface area contributed by atoms with Gasteiger partial charge in [-0.1, -0.05) is 37.1 Å². The molecule has 0 unspecified atom stereocenters. The number of nitrogens with zero attached hydrogens (tertiary/aromatic N) is 2. The van der Waals surface area contributed by atoms with Crippen molar-refractivity contribution in [1.29, 1.82) is 0 Å². The standard InChI is InChI=1S/C20H26N2O3/c1-14-7-3-4-8-15(14)13-21(2)18(23)11-12-22-19(24)16-9-5-6-10-17(16)20(22)25/h3-4,7-8,16-17H,5-6,9-13H2,1-2H3/t16-,17-/m1/s1. The number of carbonyl (C=O) groups excluding carboxylic acids is 3. The average Bonchev–Trinajstić information content (AvgIpc) is 2.86. The minimum absolute atomic E-state index is 0.0428. The summed E-state index contributed by atoms with van der Waals surface area (Å²) >= 11 is 0. The van der Waals surface area contributed by atoms with Gasteiger partial charge in [-0.3, -0.25) is 19.3 Å². The Kier molecular flexibility index (Phi) is 5.21. The van der Waals surface area contributed by atoms with E-state index in [1.165, 1.54) is 4.90 Å². The maximum absolute atomic E-state index is 12.4. The molecule has 2 fully saturated rings. The van der Waals surface area contributed by atoms with Crippen LogP contribution >= 0.6 is 0 Å². The van der Waals surface area contributed by atoms with Crippen LogP contribution in [-0.2, 0) is 20.9 Å². The number of imide groups is 1. The van der Waals surface area contributed by atoms with E-state index in [1.807, 2.05) is 31.2 Å². The van der Waals surface area contributed by atoms with E-state index in [0.717, 1.165) is 36.8 Å². The minimum atomic E-state index is -0.138. The van der Waals surface area contributed by atoms with Crippen LogP contribution in [0.3, 0.4) is 0 Å². The zero-order valence-corrected chi connectivity index (χ0v) is 15.0. The molecule has 2 atom stereocenters. The lowest BCUT2D eigenvalue weighted by Crippen LogP contribution is -2.36. The van der Waals surface area contributed by atoms with E-state index in [9.17, 15) is 14.4 Å². The molecule has 0 N–H and O–H groups in total. The van der Waals surface area contributed by atoms with Gasteiger partial charge >= 0.3 is 0 Å². The lowest BCUT2D eigenvalue weighted by molar-refractivity contribution is -0.140. The lowest BCUT2D eigenvalue weighted by Gasteiger charge is -2.20. The number of benzene rings is 1. The number of fused-ring (bicyclic) bond motifs is 1. The van der Waals surface area contributed by atoms with Crippen LogP contribution in [0.1, 0.15) is 43.2 Å². The molecule has 0 bridgehead atoms. The Bertz CT molecular complexity index is 661. The van der Waals surface area contributed by atoms with E-state index in [-0.39, 0.29) is 42.5 Å². The van der Waals surface area contributed by atoms with Crippen molar-refractivity contribution < 1.29 is 14.4 Å². The molecule has 1 aliphatic carbocycles. The molecular formula is C20H26N2O3. The molecule has 5 nitrogen and oxygen atoms in total. The highest BCUT2D eigenvalue weighted by atomic mass is 16.2. The third-order valence-corrected chi connectivity index (χ3v) is 5.58. The molecule has 3 rings (SSSR count). The Morgan fingerprint density at radius 3 is 2.32 bits per heavy atom. The van der Waals surface area contributed by atoms with Gasteiger partial charge in [0, 0.05) is 26.6 Å². The van der Waals surface area contributed by atoms with Crippen molar-refractivity contribution in [2.75, 3.05) is 13.6 Å². The second-order valence-electron chi connectivity index (χ2n) is 7.25. The predicted octanol–water partition coefficient (Wildman–Crippen LogP) is 2.52. The van der Waals surface area contributed by atoms with Crippen molar-refractivity contribution >= 4 is 17.7 Å². The Labute approximate surface area is 149 Å². The first kappa shape index (κ1) is 17.6. The number of rotatable bonds is 5. The van der Waals surface area contributed by atoms with Crippen LogP contribution in [0.15, 0.2) is 24.3 Å². The lowest BCUT2D eigenvalue weighted by atomic mass is 9.81. The Morgan fingerprint density at radius 2 is 1.72 bits per heavy atom. The third kappa shape index (κ3) is 3.60. The van der Waals surface area contributed by atoms with Crippen LogP contribution in [0.25, 0.3) is 0 Å². The molecule has 0 radical (unpaired) electrons. The molecule has 1 aromatic rings. The maximum atomic E-state index is 12.4. The fourth-order valence-electron chi connectivity index (χ4n) is 3.98. The predicted molar refractivity (Wildman–Crippen MR) is 94.4 cm³/mol. The summed E-state index contributed by atoms with van der Waals surface area (Å²) < 4.78 is 0. The van der Waals surface area contributed by atoms with Crippen LogP contribution in [-0.4, -0.2) is 41.1 Å². The second-order valence-corrected chi connectivity index (χ2v) is 7.25. The average molecular weight is 342 g/mol. The normalized spacial score (nSPS) is 22.9. The fraction of sp³-hybridized carbons (Fsp3) is 0.550. The summed E-state index contributed by atoms with van der Waals surface area (Å²) in [4.78, 5) is 40.3. The largest absolute Gasteiger partial charge is 0.341 e. The van der Waals surface area contributed by atoms with Gasteiger partial charge in [0.15, 0.2) is 0 Å². The number of amides is 3. The van der Waals surface area contributed by atoms with Crippen LogP contribution in [0.2, 0.25) is 0 Å². The van der Waals surface area contributed by atoms with Crippen LogP contribution in [0.5, 0.6) is 0 Å². The Balaban J connectivity index is 1.56. The number of hydrogen-bond donors (Lipinski definition) is 0. The first-order valence-corrected chi connectivity index (χ1v) is 9.12. The summed E-state index contributed by atoms with van der Waals surface area (Å²) in [5.41, 5.74) is 2.26. The SMILES string of the molecule is Cc1ccccc1CN(C)C(=O)CCN1C(=O)[C@@H]2CCCC[C@H]2C1=O. The summed E-state index contributed by atoms with van der Waals surface area (Å²) in [6.45, 7) is 2.78. The van der Waals surface area contributed by atoms with Crippen LogP contribution in [0.4, 0.5) is 0 Å². The van der Waals surface area contributed by atoms with Gasteiger partial charge < -0.3 is 4.90 Å². The molecule has 1 saturated carbocycles. The number of likely N-dealkylation sites (tertiary alicyclic amines) is 1. The number of carbonyl (C=O) groups is 3. The highest BCUT2D eigenvalue weighted by Crippen LogP contribution is 2.37. The van der Waals surface area contributed by atoms with Crippen LogP contribution in [0, 0.1) is 18.8 Å². The third-order valence-electron chi connectivity index (χ3n) is 5.58. The van der Waals surface area contributed by atoms with E-state index in [1.54, 1.807) is 11.9 Å². The van der Waals surface area contributed by atoms with Crippen molar-refractivity contribution in [2.45, 2.75) is 45.6 Å². The zero-order valence-electron chi connectivity index (χ0n) is 15.0. The molecule has 1 aliphatic heterocycles. The van der Waals surface area contributed by atoms with Gasteiger partial charge in [-0.2, -0.15) is 0 Å². The number of aryl methyl sites for hydroxylation is 1. The van der Waals surface area contributed by atoms with Crippen molar-refractivity contribution in [3.05, 3.63) is 35.4 Å². The summed E-state index contributed by atoms with van der Waals surface area (Å²) in [5, 5.41) is 0. The van der Waals surface area contributed by atoms with E-state index in [2.05, 4.69) is 0 Å². The Hall–Kier alpha value is -2.17. The highest BCUT2D eigenvalue weighted by molar-refractivity contribution is 6.05. The van der Waals surface area contributed by atoms with Crippen molar-refractivity contribution in [3.63, 3.8) is 0 Å². The first-order valence-electron chi connectivity index (χ1n) is 9.12. The molecule has 0 aromatic heterocycles. The zero-order chi connectivity index (χ0) is 18.0. The fourth-order valence-corrected chi connectivity index (χ4v) is 3.98. The molecule has 2 aliphatic rings. The molecule has 5 heteroatoms. The monoisotopic (exact) mass is 342 g/mol. The summed E-state index contributed by atoms with van der Waals surface area (Å²) in [6, 6.07) is 7.98. The molecule has 1 saturated heterocycles. The van der Waals surface area contributed by atoms with Crippen molar-refractivity contribution in [1.82, 2.24) is 9.80 Å². The molecule has 1 heterocycles. The molecule has 0 spiro atoms. The van der Waals surface area contributed by atoms with E-state index in [4.69, 9.17) is 0 Å². The molecule has 3 amide bonds. The van der Waals surface area contributed by atoms with Gasteiger partial charge in [0.25, 0.3) is 0 Å². The van der Waals surface area contributed by atoms with Crippen molar-refractivity contribution in [3.8, 4) is 0 Å². The Morgan fingerprint density at radius 1 is 1.12 bits per heavy atom. The smallest absolute Gasteiger partial charge is 0.233 e. The van der Waals surface area contributed by atoms with Crippen LogP contribution < -0.4 is 0 Å². The topological polar surface area (TPSA) is 57.7 Å². The maximum Gasteiger partial charge on any atom is 0.233 e. The van der Waals surface area contributed by atoms with Gasteiger partial charge in [-0.05, 0) is 30.9 Å². The molecular weight excluding hydrogens is 316 g/mol. The quantitative estimate of drug-likeness (QED) is 0.773.